The van der Waals surface area contributed by atoms with E-state index in [-0.39, 0.29) is 11.9 Å². The Labute approximate surface area is 108 Å². The predicted molar refractivity (Wildman–Crippen MR) is 72.1 cm³/mol. The van der Waals surface area contributed by atoms with E-state index < -0.39 is 0 Å². The summed E-state index contributed by atoms with van der Waals surface area (Å²) in [6, 6.07) is 9.61. The van der Waals surface area contributed by atoms with Crippen molar-refractivity contribution >= 4 is 11.6 Å². The first kappa shape index (κ1) is 14.2. The number of nitrogens with one attached hydrogen (secondary N) is 2. The van der Waals surface area contributed by atoms with Crippen LogP contribution in [-0.4, -0.2) is 18.5 Å². The molecule has 0 aromatic heterocycles. The van der Waals surface area contributed by atoms with E-state index in [0.717, 1.165) is 17.8 Å². The van der Waals surface area contributed by atoms with Gasteiger partial charge in [0.25, 0.3) is 0 Å². The fraction of sp³-hybridized carbons (Fsp3) is 0.429. The molecule has 1 unspecified atom stereocenters. The summed E-state index contributed by atoms with van der Waals surface area (Å²) in [5.74, 6) is -0.00326. The Morgan fingerprint density at radius 1 is 1.39 bits per heavy atom. The van der Waals surface area contributed by atoms with E-state index in [1.807, 2.05) is 38.1 Å². The Kier molecular flexibility index (Phi) is 5.89. The molecule has 96 valence electrons. The molecular weight excluding hydrogens is 226 g/mol. The van der Waals surface area contributed by atoms with Crippen molar-refractivity contribution in [1.29, 1.82) is 5.26 Å². The molecule has 0 spiro atoms. The van der Waals surface area contributed by atoms with E-state index in [1.165, 1.54) is 0 Å². The van der Waals surface area contributed by atoms with Crippen LogP contribution in [0, 0.1) is 11.3 Å². The van der Waals surface area contributed by atoms with Crippen molar-refractivity contribution in [2.75, 3.05) is 11.9 Å². The molecular formula is C14H19N3O. The minimum atomic E-state index is -0.00326. The maximum absolute atomic E-state index is 11.7. The van der Waals surface area contributed by atoms with Crippen LogP contribution in [0.4, 0.5) is 5.69 Å². The highest BCUT2D eigenvalue weighted by atomic mass is 16.1. The second-order valence-electron chi connectivity index (χ2n) is 4.24. The van der Waals surface area contributed by atoms with Crippen LogP contribution in [0.5, 0.6) is 0 Å². The Balaban J connectivity index is 2.47. The Hall–Kier alpha value is -1.86. The standard InChI is InChI=1S/C14H19N3O/c1-3-16-11(2)10-14(18)17-13-6-4-12(5-7-13)8-9-15/h4-7,11,16H,3,8,10H2,1-2H3,(H,17,18). The summed E-state index contributed by atoms with van der Waals surface area (Å²) in [6.45, 7) is 4.86. The minimum absolute atomic E-state index is 0.00326. The number of anilines is 1. The third-order valence-electron chi connectivity index (χ3n) is 2.57. The first-order valence-corrected chi connectivity index (χ1v) is 6.14. The number of carbonyl (C=O) groups is 1. The molecule has 1 aromatic carbocycles. The summed E-state index contributed by atoms with van der Waals surface area (Å²) in [4.78, 5) is 11.7. The van der Waals surface area contributed by atoms with Gasteiger partial charge in [0.1, 0.15) is 0 Å². The van der Waals surface area contributed by atoms with Crippen LogP contribution in [-0.2, 0) is 11.2 Å². The molecule has 0 radical (unpaired) electrons. The molecule has 0 fully saturated rings. The van der Waals surface area contributed by atoms with Crippen molar-refractivity contribution in [3.63, 3.8) is 0 Å². The summed E-state index contributed by atoms with van der Waals surface area (Å²) in [6.07, 6.45) is 0.847. The number of benzene rings is 1. The first-order chi connectivity index (χ1) is 8.65. The van der Waals surface area contributed by atoms with E-state index in [4.69, 9.17) is 5.26 Å². The molecule has 1 aromatic rings. The molecule has 0 bridgehead atoms. The third kappa shape index (κ3) is 4.98. The average molecular weight is 245 g/mol. The van der Waals surface area contributed by atoms with E-state index in [1.54, 1.807) is 0 Å². The zero-order valence-corrected chi connectivity index (χ0v) is 10.9. The van der Waals surface area contributed by atoms with Crippen molar-refractivity contribution in [2.45, 2.75) is 32.7 Å². The van der Waals surface area contributed by atoms with E-state index in [9.17, 15) is 4.79 Å². The van der Waals surface area contributed by atoms with Crippen molar-refractivity contribution in [3.05, 3.63) is 29.8 Å². The second kappa shape index (κ2) is 7.46. The number of nitriles is 1. The lowest BCUT2D eigenvalue weighted by atomic mass is 10.1. The zero-order valence-electron chi connectivity index (χ0n) is 10.9. The van der Waals surface area contributed by atoms with Gasteiger partial charge in [0.05, 0.1) is 12.5 Å². The Bertz CT molecular complexity index is 420. The Morgan fingerprint density at radius 2 is 2.06 bits per heavy atom. The highest BCUT2D eigenvalue weighted by molar-refractivity contribution is 5.91. The van der Waals surface area contributed by atoms with Crippen LogP contribution in [0.15, 0.2) is 24.3 Å². The molecule has 2 N–H and O–H groups in total. The van der Waals surface area contributed by atoms with Gasteiger partial charge in [-0.1, -0.05) is 19.1 Å². The van der Waals surface area contributed by atoms with Crippen LogP contribution in [0.25, 0.3) is 0 Å². The maximum atomic E-state index is 11.7. The van der Waals surface area contributed by atoms with E-state index in [0.29, 0.717) is 12.8 Å². The SMILES string of the molecule is CCNC(C)CC(=O)Nc1ccc(CC#N)cc1. The van der Waals surface area contributed by atoms with Crippen LogP contribution in [0.1, 0.15) is 25.8 Å². The molecule has 18 heavy (non-hydrogen) atoms. The van der Waals surface area contributed by atoms with Gasteiger partial charge in [0.2, 0.25) is 5.91 Å². The average Bonchev–Trinajstić information content (AvgIpc) is 2.32. The first-order valence-electron chi connectivity index (χ1n) is 6.14. The number of rotatable bonds is 6. The minimum Gasteiger partial charge on any atom is -0.326 e. The molecule has 1 amide bonds. The lowest BCUT2D eigenvalue weighted by molar-refractivity contribution is -0.116. The third-order valence-corrected chi connectivity index (χ3v) is 2.57. The maximum Gasteiger partial charge on any atom is 0.225 e. The van der Waals surface area contributed by atoms with Gasteiger partial charge in [-0.3, -0.25) is 4.79 Å². The predicted octanol–water partition coefficient (Wildman–Crippen LogP) is 2.08. The van der Waals surface area contributed by atoms with Gasteiger partial charge in [0, 0.05) is 18.2 Å². The monoisotopic (exact) mass is 245 g/mol. The molecule has 1 atom stereocenters. The van der Waals surface area contributed by atoms with Gasteiger partial charge in [-0.25, -0.2) is 0 Å². The van der Waals surface area contributed by atoms with Crippen molar-refractivity contribution < 1.29 is 4.79 Å². The number of carbonyl (C=O) groups excluding carboxylic acids is 1. The van der Waals surface area contributed by atoms with E-state index >= 15 is 0 Å². The summed E-state index contributed by atoms with van der Waals surface area (Å²) in [5.41, 5.74) is 1.72. The summed E-state index contributed by atoms with van der Waals surface area (Å²) < 4.78 is 0. The number of hydrogen-bond donors (Lipinski definition) is 2. The van der Waals surface area contributed by atoms with Crippen LogP contribution in [0.3, 0.4) is 0 Å². The lowest BCUT2D eigenvalue weighted by Gasteiger charge is -2.12. The van der Waals surface area contributed by atoms with E-state index in [2.05, 4.69) is 16.7 Å². The largest absolute Gasteiger partial charge is 0.326 e. The van der Waals surface area contributed by atoms with Gasteiger partial charge in [-0.15, -0.1) is 0 Å². The highest BCUT2D eigenvalue weighted by Gasteiger charge is 2.07. The molecule has 0 aliphatic heterocycles. The van der Waals surface area contributed by atoms with Crippen molar-refractivity contribution in [2.24, 2.45) is 0 Å². The summed E-state index contributed by atoms with van der Waals surface area (Å²) in [5, 5.41) is 14.6. The second-order valence-corrected chi connectivity index (χ2v) is 4.24. The fourth-order valence-electron chi connectivity index (χ4n) is 1.71. The van der Waals surface area contributed by atoms with Crippen molar-refractivity contribution in [3.8, 4) is 6.07 Å². The van der Waals surface area contributed by atoms with Gasteiger partial charge in [-0.2, -0.15) is 5.26 Å². The molecule has 4 nitrogen and oxygen atoms in total. The molecule has 0 aliphatic rings. The van der Waals surface area contributed by atoms with Crippen LogP contribution in [0.2, 0.25) is 0 Å². The quantitative estimate of drug-likeness (QED) is 0.806. The topological polar surface area (TPSA) is 64.9 Å². The molecule has 1 rings (SSSR count). The lowest BCUT2D eigenvalue weighted by Crippen LogP contribution is -2.30. The number of nitrogens with zero attached hydrogens (tertiary/aromatic N) is 1. The van der Waals surface area contributed by atoms with Gasteiger partial charge >= 0.3 is 0 Å². The molecule has 0 saturated carbocycles. The molecule has 0 saturated heterocycles. The number of amides is 1. The van der Waals surface area contributed by atoms with Crippen LogP contribution >= 0.6 is 0 Å². The zero-order chi connectivity index (χ0) is 13.4. The molecule has 0 heterocycles. The van der Waals surface area contributed by atoms with Crippen LogP contribution < -0.4 is 10.6 Å². The van der Waals surface area contributed by atoms with Crippen molar-refractivity contribution in [1.82, 2.24) is 5.32 Å². The smallest absolute Gasteiger partial charge is 0.225 e. The van der Waals surface area contributed by atoms with Gasteiger partial charge in [-0.05, 0) is 31.2 Å². The normalized spacial score (nSPS) is 11.6. The van der Waals surface area contributed by atoms with Gasteiger partial charge < -0.3 is 10.6 Å². The number of hydrogen-bond acceptors (Lipinski definition) is 3. The molecule has 0 aliphatic carbocycles. The highest BCUT2D eigenvalue weighted by Crippen LogP contribution is 2.10. The Morgan fingerprint density at radius 3 is 2.61 bits per heavy atom. The summed E-state index contributed by atoms with van der Waals surface area (Å²) in [7, 11) is 0. The molecule has 4 heteroatoms. The summed E-state index contributed by atoms with van der Waals surface area (Å²) >= 11 is 0. The van der Waals surface area contributed by atoms with Gasteiger partial charge in [0.15, 0.2) is 0 Å². The fourth-order valence-corrected chi connectivity index (χ4v) is 1.71.